The average Bonchev–Trinajstić information content (AvgIpc) is 2.41. The predicted octanol–water partition coefficient (Wildman–Crippen LogP) is 0.840. The van der Waals surface area contributed by atoms with Crippen LogP contribution in [0.5, 0.6) is 5.75 Å². The maximum Gasteiger partial charge on any atom is 0.269 e. The molecule has 2 rings (SSSR count). The van der Waals surface area contributed by atoms with Crippen LogP contribution in [0.4, 0.5) is 5.69 Å². The Hall–Kier alpha value is -2.63. The summed E-state index contributed by atoms with van der Waals surface area (Å²) in [5.74, 6) is -0.217. The third-order valence-electron chi connectivity index (χ3n) is 2.21. The Kier molecular flexibility index (Phi) is 5.28. The van der Waals surface area contributed by atoms with Gasteiger partial charge in [-0.25, -0.2) is 0 Å². The number of pyridine rings is 1. The van der Waals surface area contributed by atoms with E-state index in [0.29, 0.717) is 0 Å². The summed E-state index contributed by atoms with van der Waals surface area (Å²) >= 11 is 0. The largest absolute Gasteiger partial charge is 0.872 e. The fourth-order valence-corrected chi connectivity index (χ4v) is 1.22. The molecule has 6 heteroatoms. The molecular weight excluding hydrogens is 246 g/mol. The third-order valence-corrected chi connectivity index (χ3v) is 2.21. The van der Waals surface area contributed by atoms with Gasteiger partial charge in [-0.05, 0) is 0 Å². The molecular formula is C13H15N3O3. The minimum Gasteiger partial charge on any atom is -0.872 e. The van der Waals surface area contributed by atoms with E-state index in [-0.39, 0.29) is 11.4 Å². The van der Waals surface area contributed by atoms with Gasteiger partial charge in [0.15, 0.2) is 12.4 Å². The number of nitrogens with zero attached hydrogens (tertiary/aromatic N) is 3. The molecule has 0 bridgehead atoms. The van der Waals surface area contributed by atoms with Crippen molar-refractivity contribution in [2.24, 2.45) is 0 Å². The molecule has 0 aliphatic heterocycles. The number of non-ortho nitro benzene ring substituents is 1. The Morgan fingerprint density at radius 3 is 1.95 bits per heavy atom. The molecule has 6 nitrogen and oxygen atoms in total. The summed E-state index contributed by atoms with van der Waals surface area (Å²) < 4.78 is 2.00. The van der Waals surface area contributed by atoms with Gasteiger partial charge in [0.25, 0.3) is 5.69 Å². The maximum absolute atomic E-state index is 10.4. The first-order chi connectivity index (χ1) is 9.00. The van der Waals surface area contributed by atoms with Crippen LogP contribution in [0.1, 0.15) is 0 Å². The zero-order chi connectivity index (χ0) is 14.3. The SMILES string of the molecule is CN(C)[n+]1ccccc1.O=[N+]([O-])c1ccc([O-])cc1. The van der Waals surface area contributed by atoms with Crippen molar-refractivity contribution < 1.29 is 14.7 Å². The van der Waals surface area contributed by atoms with Crippen LogP contribution in [0.2, 0.25) is 0 Å². The van der Waals surface area contributed by atoms with Crippen LogP contribution < -0.4 is 14.8 Å². The molecule has 0 N–H and O–H groups in total. The van der Waals surface area contributed by atoms with E-state index in [1.54, 1.807) is 0 Å². The molecule has 0 atom stereocenters. The van der Waals surface area contributed by atoms with Gasteiger partial charge in [0.05, 0.1) is 19.0 Å². The van der Waals surface area contributed by atoms with Crippen LogP contribution >= 0.6 is 0 Å². The second kappa shape index (κ2) is 6.95. The minimum atomic E-state index is -0.542. The molecule has 19 heavy (non-hydrogen) atoms. The second-order valence-electron chi connectivity index (χ2n) is 3.85. The van der Waals surface area contributed by atoms with Gasteiger partial charge in [-0.15, -0.1) is 5.75 Å². The van der Waals surface area contributed by atoms with E-state index in [1.807, 2.05) is 54.4 Å². The van der Waals surface area contributed by atoms with E-state index in [1.165, 1.54) is 12.1 Å². The molecule has 0 spiro atoms. The molecule has 0 saturated carbocycles. The highest BCUT2D eigenvalue weighted by Gasteiger charge is 1.99. The predicted molar refractivity (Wildman–Crippen MR) is 69.2 cm³/mol. The smallest absolute Gasteiger partial charge is 0.269 e. The minimum absolute atomic E-state index is 0.0559. The number of nitro groups is 1. The Morgan fingerprint density at radius 1 is 1.05 bits per heavy atom. The van der Waals surface area contributed by atoms with Gasteiger partial charge in [-0.1, -0.05) is 22.9 Å². The zero-order valence-electron chi connectivity index (χ0n) is 10.8. The van der Waals surface area contributed by atoms with Crippen molar-refractivity contribution in [3.63, 3.8) is 0 Å². The van der Waals surface area contributed by atoms with Gasteiger partial charge in [-0.2, -0.15) is 5.01 Å². The first-order valence-corrected chi connectivity index (χ1v) is 5.56. The molecule has 0 fully saturated rings. The molecule has 0 unspecified atom stereocenters. The highest BCUT2D eigenvalue weighted by atomic mass is 16.6. The summed E-state index contributed by atoms with van der Waals surface area (Å²) in [7, 11) is 4.00. The molecule has 2 aromatic rings. The highest BCUT2D eigenvalue weighted by molar-refractivity contribution is 5.34. The van der Waals surface area contributed by atoms with E-state index in [2.05, 4.69) is 0 Å². The lowest BCUT2D eigenvalue weighted by molar-refractivity contribution is -0.687. The Balaban J connectivity index is 0.000000191. The molecule has 100 valence electrons. The summed E-state index contributed by atoms with van der Waals surface area (Å²) in [6.07, 6.45) is 4.00. The second-order valence-corrected chi connectivity index (χ2v) is 3.85. The first kappa shape index (κ1) is 14.4. The fourth-order valence-electron chi connectivity index (χ4n) is 1.22. The van der Waals surface area contributed by atoms with E-state index < -0.39 is 4.92 Å². The number of hydrogen-bond donors (Lipinski definition) is 0. The molecule has 0 amide bonds. The van der Waals surface area contributed by atoms with Gasteiger partial charge in [-0.3, -0.25) is 10.1 Å². The quantitative estimate of drug-likeness (QED) is 0.456. The van der Waals surface area contributed by atoms with Crippen LogP contribution in [-0.4, -0.2) is 19.0 Å². The first-order valence-electron chi connectivity index (χ1n) is 5.56. The average molecular weight is 261 g/mol. The van der Waals surface area contributed by atoms with Crippen molar-refractivity contribution in [2.45, 2.75) is 0 Å². The van der Waals surface area contributed by atoms with Crippen LogP contribution in [0.3, 0.4) is 0 Å². The molecule has 1 aromatic heterocycles. The lowest BCUT2D eigenvalue weighted by Gasteiger charge is -2.02. The van der Waals surface area contributed by atoms with Crippen molar-refractivity contribution in [1.29, 1.82) is 0 Å². The van der Waals surface area contributed by atoms with Gasteiger partial charge in [0.2, 0.25) is 0 Å². The van der Waals surface area contributed by atoms with Crippen molar-refractivity contribution in [3.05, 3.63) is 65.0 Å². The molecule has 0 radical (unpaired) electrons. The number of rotatable bonds is 2. The van der Waals surface area contributed by atoms with E-state index in [4.69, 9.17) is 0 Å². The Morgan fingerprint density at radius 2 is 1.58 bits per heavy atom. The summed E-state index contributed by atoms with van der Waals surface area (Å²) in [5, 5.41) is 22.4. The van der Waals surface area contributed by atoms with Crippen LogP contribution in [-0.2, 0) is 0 Å². The molecule has 0 aliphatic rings. The molecule has 0 saturated heterocycles. The highest BCUT2D eigenvalue weighted by Crippen LogP contribution is 2.12. The Labute approximate surface area is 111 Å². The summed E-state index contributed by atoms with van der Waals surface area (Å²) in [6.45, 7) is 0. The van der Waals surface area contributed by atoms with Crippen LogP contribution in [0, 0.1) is 10.1 Å². The van der Waals surface area contributed by atoms with Crippen LogP contribution in [0.15, 0.2) is 54.9 Å². The van der Waals surface area contributed by atoms with Gasteiger partial charge in [0.1, 0.15) is 0 Å². The van der Waals surface area contributed by atoms with E-state index in [0.717, 1.165) is 12.1 Å². The molecule has 0 aliphatic carbocycles. The lowest BCUT2D eigenvalue weighted by atomic mass is 10.3. The molecule has 1 aromatic carbocycles. The van der Waals surface area contributed by atoms with Crippen LogP contribution in [0.25, 0.3) is 0 Å². The van der Waals surface area contributed by atoms with Crippen molar-refractivity contribution in [1.82, 2.24) is 0 Å². The summed E-state index contributed by atoms with van der Waals surface area (Å²) in [5.41, 5.74) is -0.0559. The topological polar surface area (TPSA) is 73.3 Å². The fraction of sp³-hybridized carbons (Fsp3) is 0.154. The Bertz CT molecular complexity index is 512. The van der Waals surface area contributed by atoms with Crippen molar-refractivity contribution >= 4 is 5.69 Å². The van der Waals surface area contributed by atoms with E-state index in [9.17, 15) is 15.2 Å². The monoisotopic (exact) mass is 261 g/mol. The summed E-state index contributed by atoms with van der Waals surface area (Å²) in [6, 6.07) is 10.7. The lowest BCUT2D eigenvalue weighted by Crippen LogP contribution is -2.51. The van der Waals surface area contributed by atoms with Gasteiger partial charge >= 0.3 is 0 Å². The number of nitro benzene ring substituents is 1. The molecule has 1 heterocycles. The van der Waals surface area contributed by atoms with Crippen molar-refractivity contribution in [3.8, 4) is 5.75 Å². The number of aromatic nitrogens is 1. The third kappa shape index (κ3) is 5.03. The van der Waals surface area contributed by atoms with E-state index >= 15 is 0 Å². The standard InChI is InChI=1S/C7H11N2.C6H5NO3/c1-8(2)9-6-4-3-5-7-9;8-6-3-1-5(2-4-6)7(9)10/h3-7H,1-2H3;1-4,8H/q+1;/p-1. The normalized spacial score (nSPS) is 9.16. The number of benzene rings is 1. The zero-order valence-corrected chi connectivity index (χ0v) is 10.8. The number of hydrogen-bond acceptors (Lipinski definition) is 4. The van der Waals surface area contributed by atoms with Gasteiger partial charge < -0.3 is 5.11 Å². The maximum atomic E-state index is 10.4. The summed E-state index contributed by atoms with van der Waals surface area (Å²) in [4.78, 5) is 9.47. The van der Waals surface area contributed by atoms with Gasteiger partial charge in [0, 0.05) is 24.3 Å². The van der Waals surface area contributed by atoms with Crippen molar-refractivity contribution in [2.75, 3.05) is 19.1 Å².